The summed E-state index contributed by atoms with van der Waals surface area (Å²) in [5.41, 5.74) is 0.0498. The van der Waals surface area contributed by atoms with Gasteiger partial charge in [0, 0.05) is 31.1 Å². The van der Waals surface area contributed by atoms with Crippen molar-refractivity contribution < 1.29 is 43.9 Å². The number of carbonyl (C=O) groups is 2. The molecular weight excluding hydrogens is 494 g/mol. The molecule has 11 atom stereocenters. The fraction of sp³-hybridized carbons (Fsp3) is 0.714. The number of hydrogen-bond donors (Lipinski definition) is 4. The van der Waals surface area contributed by atoms with Crippen LogP contribution in [0.25, 0.3) is 0 Å². The molecule has 1 aromatic rings. The van der Waals surface area contributed by atoms with Gasteiger partial charge in [-0.15, -0.1) is 0 Å². The van der Waals surface area contributed by atoms with E-state index in [1.54, 1.807) is 25.3 Å². The number of aliphatic hydroxyl groups excluding tert-OH is 3. The number of aromatic amines is 1. The van der Waals surface area contributed by atoms with Gasteiger partial charge < -0.3 is 39.3 Å². The monoisotopic (exact) mass is 535 g/mol. The van der Waals surface area contributed by atoms with Crippen LogP contribution in [0.2, 0.25) is 0 Å². The van der Waals surface area contributed by atoms with Crippen molar-refractivity contribution in [2.75, 3.05) is 13.7 Å². The van der Waals surface area contributed by atoms with E-state index in [0.717, 1.165) is 5.57 Å². The van der Waals surface area contributed by atoms with Crippen molar-refractivity contribution in [1.82, 2.24) is 4.98 Å². The Kier molecular flexibility index (Phi) is 8.68. The molecule has 1 aromatic heterocycles. The number of aliphatic hydroxyl groups is 3. The fourth-order valence-electron chi connectivity index (χ4n) is 6.77. The number of methoxy groups -OCH3 is 1. The molecule has 0 radical (unpaired) electrons. The standard InChI is InChI=1S/C28H41NO9/c1-14-9-15(2)28-18(11-22(35-5)27(34)38-25(14)17(4)30)10-19(31)12-20(28)24(32)16(3)23(13-36-28)37-26(33)21-7-6-8-29-21/h6-9,14,16-20,22-25,29-32H,10-13H2,1-5H3/b15-9+/t14?,16-,17?,18?,19-,20?,22-,23-,24?,25-,28?/m0/s1. The van der Waals surface area contributed by atoms with Gasteiger partial charge in [0.25, 0.3) is 0 Å². The second kappa shape index (κ2) is 11.5. The lowest BCUT2D eigenvalue weighted by Crippen LogP contribution is -2.59. The molecule has 1 saturated carbocycles. The van der Waals surface area contributed by atoms with Gasteiger partial charge in [0.2, 0.25) is 0 Å². The topological polar surface area (TPSA) is 148 Å². The third-order valence-corrected chi connectivity index (χ3v) is 8.76. The van der Waals surface area contributed by atoms with E-state index in [1.165, 1.54) is 7.11 Å². The van der Waals surface area contributed by atoms with E-state index in [-0.39, 0.29) is 25.4 Å². The summed E-state index contributed by atoms with van der Waals surface area (Å²) >= 11 is 0. The molecule has 3 heterocycles. The highest BCUT2D eigenvalue weighted by molar-refractivity contribution is 5.87. The Balaban J connectivity index is 1.78. The summed E-state index contributed by atoms with van der Waals surface area (Å²) < 4.78 is 23.8. The number of nitrogens with one attached hydrogen (secondary N) is 1. The predicted molar refractivity (Wildman–Crippen MR) is 136 cm³/mol. The molecular formula is C28H41NO9. The molecule has 2 aliphatic heterocycles. The smallest absolute Gasteiger partial charge is 0.355 e. The first kappa shape index (κ1) is 28.8. The molecule has 6 unspecified atom stereocenters. The molecule has 10 nitrogen and oxygen atoms in total. The second-order valence-corrected chi connectivity index (χ2v) is 11.2. The number of aromatic nitrogens is 1. The maximum absolute atomic E-state index is 13.1. The van der Waals surface area contributed by atoms with Crippen molar-refractivity contribution in [1.29, 1.82) is 0 Å². The van der Waals surface area contributed by atoms with Crippen molar-refractivity contribution in [2.45, 2.75) is 89.2 Å². The SMILES string of the molecule is CO[C@H]1CC2C[C@H](O)CC3C(O)[C@@H](C)[C@@H](OC(=O)c4ccc[nH]4)COC23/C(C)=C/C(C)[C@@H](C(C)O)OC1=O. The summed E-state index contributed by atoms with van der Waals surface area (Å²) in [6, 6.07) is 3.31. The van der Waals surface area contributed by atoms with Crippen molar-refractivity contribution in [2.24, 2.45) is 23.7 Å². The quantitative estimate of drug-likeness (QED) is 0.336. The van der Waals surface area contributed by atoms with Crippen LogP contribution in [0.15, 0.2) is 30.0 Å². The third kappa shape index (κ3) is 5.29. The van der Waals surface area contributed by atoms with Crippen molar-refractivity contribution in [3.05, 3.63) is 35.7 Å². The minimum absolute atomic E-state index is 0.0231. The summed E-state index contributed by atoms with van der Waals surface area (Å²) in [6.07, 6.45) is -0.779. The number of rotatable bonds is 4. The first-order chi connectivity index (χ1) is 18.0. The van der Waals surface area contributed by atoms with Crippen molar-refractivity contribution in [3.63, 3.8) is 0 Å². The third-order valence-electron chi connectivity index (χ3n) is 8.76. The number of H-pyrrole nitrogens is 1. The molecule has 1 saturated heterocycles. The molecule has 3 aliphatic rings. The van der Waals surface area contributed by atoms with Gasteiger partial charge >= 0.3 is 11.9 Å². The minimum Gasteiger partial charge on any atom is -0.457 e. The number of carbonyl (C=O) groups excluding carboxylic acids is 2. The highest BCUT2D eigenvalue weighted by Crippen LogP contribution is 2.53. The van der Waals surface area contributed by atoms with Crippen molar-refractivity contribution in [3.8, 4) is 0 Å². The van der Waals surface area contributed by atoms with Gasteiger partial charge in [0.15, 0.2) is 6.10 Å². The van der Waals surface area contributed by atoms with E-state index in [4.69, 9.17) is 18.9 Å². The number of esters is 2. The maximum Gasteiger partial charge on any atom is 0.355 e. The zero-order chi connectivity index (χ0) is 27.8. The van der Waals surface area contributed by atoms with Crippen LogP contribution in [0, 0.1) is 23.7 Å². The average molecular weight is 536 g/mol. The number of hydrogen-bond acceptors (Lipinski definition) is 9. The molecule has 4 rings (SSSR count). The number of ether oxygens (including phenoxy) is 4. The molecule has 4 N–H and O–H groups in total. The normalized spacial score (nSPS) is 42.4. The lowest BCUT2D eigenvalue weighted by Gasteiger charge is -2.53. The van der Waals surface area contributed by atoms with E-state index in [0.29, 0.717) is 12.1 Å². The first-order valence-corrected chi connectivity index (χ1v) is 13.4. The summed E-state index contributed by atoms with van der Waals surface area (Å²) in [7, 11) is 1.42. The molecule has 2 fully saturated rings. The van der Waals surface area contributed by atoms with Crippen LogP contribution in [0.4, 0.5) is 0 Å². The van der Waals surface area contributed by atoms with Gasteiger partial charge in [0.1, 0.15) is 17.9 Å². The predicted octanol–water partition coefficient (Wildman–Crippen LogP) is 1.99. The molecule has 0 bridgehead atoms. The van der Waals surface area contributed by atoms with E-state index >= 15 is 0 Å². The molecule has 10 heteroatoms. The van der Waals surface area contributed by atoms with Gasteiger partial charge in [0.05, 0.1) is 30.5 Å². The van der Waals surface area contributed by atoms with Gasteiger partial charge in [-0.1, -0.05) is 19.9 Å². The van der Waals surface area contributed by atoms with Gasteiger partial charge in [-0.25, -0.2) is 9.59 Å². The van der Waals surface area contributed by atoms with Crippen LogP contribution in [-0.2, 0) is 23.7 Å². The highest BCUT2D eigenvalue weighted by Gasteiger charge is 2.59. The van der Waals surface area contributed by atoms with Crippen LogP contribution in [0.3, 0.4) is 0 Å². The lowest BCUT2D eigenvalue weighted by molar-refractivity contribution is -0.184. The summed E-state index contributed by atoms with van der Waals surface area (Å²) in [6.45, 7) is 7.18. The van der Waals surface area contributed by atoms with Crippen LogP contribution in [0.1, 0.15) is 57.4 Å². The van der Waals surface area contributed by atoms with Gasteiger partial charge in [-0.05, 0) is 56.7 Å². The highest BCUT2D eigenvalue weighted by atomic mass is 16.6. The molecule has 38 heavy (non-hydrogen) atoms. The summed E-state index contributed by atoms with van der Waals surface area (Å²) in [5, 5.41) is 33.0. The largest absolute Gasteiger partial charge is 0.457 e. The summed E-state index contributed by atoms with van der Waals surface area (Å²) in [5.74, 6) is -2.94. The van der Waals surface area contributed by atoms with Crippen LogP contribution >= 0.6 is 0 Å². The van der Waals surface area contributed by atoms with Gasteiger partial charge in [-0.2, -0.15) is 0 Å². The van der Waals surface area contributed by atoms with Crippen molar-refractivity contribution >= 4 is 11.9 Å². The lowest BCUT2D eigenvalue weighted by atomic mass is 9.59. The Bertz CT molecular complexity index is 1010. The summed E-state index contributed by atoms with van der Waals surface area (Å²) in [4.78, 5) is 28.7. The average Bonchev–Trinajstić information content (AvgIpc) is 3.39. The van der Waals surface area contributed by atoms with E-state index in [1.807, 2.05) is 26.8 Å². The molecule has 212 valence electrons. The molecule has 1 aliphatic carbocycles. The van der Waals surface area contributed by atoms with Crippen LogP contribution in [0.5, 0.6) is 0 Å². The van der Waals surface area contributed by atoms with E-state index < -0.39 is 71.9 Å². The molecule has 1 spiro atoms. The second-order valence-electron chi connectivity index (χ2n) is 11.2. The first-order valence-electron chi connectivity index (χ1n) is 13.4. The Labute approximate surface area is 223 Å². The Morgan fingerprint density at radius 2 is 1.97 bits per heavy atom. The maximum atomic E-state index is 13.1. The number of cyclic esters (lactones) is 1. The molecule has 0 aromatic carbocycles. The fourth-order valence-corrected chi connectivity index (χ4v) is 6.77. The molecule has 0 amide bonds. The van der Waals surface area contributed by atoms with Crippen LogP contribution < -0.4 is 0 Å². The van der Waals surface area contributed by atoms with E-state index in [2.05, 4.69) is 4.98 Å². The minimum atomic E-state index is -1.06. The zero-order valence-electron chi connectivity index (χ0n) is 22.7. The van der Waals surface area contributed by atoms with E-state index in [9.17, 15) is 24.9 Å². The van der Waals surface area contributed by atoms with Gasteiger partial charge in [-0.3, -0.25) is 0 Å². The Morgan fingerprint density at radius 1 is 1.24 bits per heavy atom. The zero-order valence-corrected chi connectivity index (χ0v) is 22.7. The Morgan fingerprint density at radius 3 is 2.61 bits per heavy atom. The van der Waals surface area contributed by atoms with Crippen LogP contribution in [-0.4, -0.2) is 88.2 Å². The Hall–Kier alpha value is -2.24.